The first-order valence-electron chi connectivity index (χ1n) is 14.4. The number of rotatable bonds is 2. The molecule has 4 heteroatoms. The summed E-state index contributed by atoms with van der Waals surface area (Å²) in [6, 6.07) is 17.0. The number of allylic oxidation sites excluding steroid dienone is 2. The zero-order chi connectivity index (χ0) is 28.9. The SMILES string of the molecule is CC(C)(C)C(=O)C=C(O)C(C)(C)C.Cc1[c-]c(-c2ccc3c(C(C)(C)C)cccc3n2)cc2c1C1CCC2C1.[Ir]. The third-order valence-corrected chi connectivity index (χ3v) is 8.21. The summed E-state index contributed by atoms with van der Waals surface area (Å²) >= 11 is 0. The molecule has 0 spiro atoms. The monoisotopic (exact) mass is 717 g/mol. The number of benzene rings is 2. The van der Waals surface area contributed by atoms with Gasteiger partial charge in [0.25, 0.3) is 0 Å². The molecule has 3 aromatic rings. The number of aromatic nitrogens is 1. The van der Waals surface area contributed by atoms with E-state index >= 15 is 0 Å². The Morgan fingerprint density at radius 3 is 2.20 bits per heavy atom. The van der Waals surface area contributed by atoms with E-state index in [2.05, 4.69) is 70.2 Å². The van der Waals surface area contributed by atoms with Crippen molar-refractivity contribution in [2.75, 3.05) is 0 Å². The zero-order valence-corrected chi connectivity index (χ0v) is 28.3. The molecule has 2 unspecified atom stereocenters. The van der Waals surface area contributed by atoms with Crippen LogP contribution in [-0.2, 0) is 30.3 Å². The molecular weight excluding hydrogens is 671 g/mol. The Bertz CT molecular complexity index is 1430. The maximum Gasteiger partial charge on any atom is 0.164 e. The Morgan fingerprint density at radius 1 is 0.950 bits per heavy atom. The predicted molar refractivity (Wildman–Crippen MR) is 163 cm³/mol. The van der Waals surface area contributed by atoms with Gasteiger partial charge in [-0.15, -0.1) is 34.4 Å². The van der Waals surface area contributed by atoms with Gasteiger partial charge >= 0.3 is 0 Å². The van der Waals surface area contributed by atoms with Gasteiger partial charge in [0.05, 0.1) is 5.52 Å². The molecule has 2 aromatic carbocycles. The number of hydrogen-bond donors (Lipinski definition) is 1. The van der Waals surface area contributed by atoms with Gasteiger partial charge in [-0.2, -0.15) is 0 Å². The van der Waals surface area contributed by atoms with Crippen molar-refractivity contribution >= 4 is 16.7 Å². The fraction of sp³-hybridized carbons (Fsp3) is 0.500. The van der Waals surface area contributed by atoms with Gasteiger partial charge in [-0.3, -0.25) is 9.78 Å². The van der Waals surface area contributed by atoms with Gasteiger partial charge in [-0.25, -0.2) is 0 Å². The number of aliphatic hydroxyl groups is 1. The molecule has 217 valence electrons. The number of carbonyl (C=O) groups is 1. The van der Waals surface area contributed by atoms with E-state index in [4.69, 9.17) is 4.98 Å². The van der Waals surface area contributed by atoms with Crippen molar-refractivity contribution in [3.05, 3.63) is 76.6 Å². The van der Waals surface area contributed by atoms with Crippen molar-refractivity contribution in [1.82, 2.24) is 4.98 Å². The van der Waals surface area contributed by atoms with Gasteiger partial charge in [-0.05, 0) is 47.4 Å². The molecule has 1 heterocycles. The summed E-state index contributed by atoms with van der Waals surface area (Å²) in [7, 11) is 0. The molecule has 0 aliphatic heterocycles. The van der Waals surface area contributed by atoms with E-state index < -0.39 is 5.41 Å². The van der Waals surface area contributed by atoms with Crippen LogP contribution in [0.2, 0.25) is 0 Å². The zero-order valence-electron chi connectivity index (χ0n) is 26.0. The summed E-state index contributed by atoms with van der Waals surface area (Å²) < 4.78 is 0. The van der Waals surface area contributed by atoms with Crippen LogP contribution < -0.4 is 0 Å². The first-order valence-corrected chi connectivity index (χ1v) is 14.4. The van der Waals surface area contributed by atoms with Crippen LogP contribution in [0.4, 0.5) is 0 Å². The topological polar surface area (TPSA) is 50.2 Å². The minimum Gasteiger partial charge on any atom is -0.512 e. The van der Waals surface area contributed by atoms with E-state index in [9.17, 15) is 9.90 Å². The van der Waals surface area contributed by atoms with Gasteiger partial charge in [0.2, 0.25) is 0 Å². The molecule has 1 saturated carbocycles. The van der Waals surface area contributed by atoms with Gasteiger partial charge in [0.1, 0.15) is 5.76 Å². The molecule has 2 aliphatic carbocycles. The van der Waals surface area contributed by atoms with Crippen LogP contribution in [0.5, 0.6) is 0 Å². The van der Waals surface area contributed by atoms with Crippen molar-refractivity contribution in [3.63, 3.8) is 0 Å². The molecular formula is C36H46IrNO2-. The molecule has 0 amide bonds. The van der Waals surface area contributed by atoms with Crippen LogP contribution in [0.25, 0.3) is 22.2 Å². The summed E-state index contributed by atoms with van der Waals surface area (Å²) in [6.07, 6.45) is 5.42. The van der Waals surface area contributed by atoms with Crippen LogP contribution in [0.3, 0.4) is 0 Å². The Kier molecular flexibility index (Phi) is 9.29. The third kappa shape index (κ3) is 6.77. The van der Waals surface area contributed by atoms with Crippen molar-refractivity contribution < 1.29 is 30.0 Å². The second-order valence-electron chi connectivity index (χ2n) is 14.6. The fourth-order valence-electron chi connectivity index (χ4n) is 5.82. The quantitative estimate of drug-likeness (QED) is 0.163. The van der Waals surface area contributed by atoms with Gasteiger partial charge in [0.15, 0.2) is 5.78 Å². The molecule has 1 N–H and O–H groups in total. The summed E-state index contributed by atoms with van der Waals surface area (Å²) in [5, 5.41) is 10.8. The largest absolute Gasteiger partial charge is 0.512 e. The number of hydrogen-bond acceptors (Lipinski definition) is 3. The first kappa shape index (κ1) is 32.2. The molecule has 1 fully saturated rings. The number of aryl methyl sites for hydroxylation is 1. The average molecular weight is 717 g/mol. The molecule has 0 saturated heterocycles. The van der Waals surface area contributed by atoms with Gasteiger partial charge in [0, 0.05) is 42.4 Å². The summed E-state index contributed by atoms with van der Waals surface area (Å²) in [5.74, 6) is 1.67. The minimum absolute atomic E-state index is 0. The summed E-state index contributed by atoms with van der Waals surface area (Å²) in [5.41, 5.74) is 8.55. The van der Waals surface area contributed by atoms with Crippen LogP contribution in [0, 0.1) is 23.8 Å². The molecule has 40 heavy (non-hydrogen) atoms. The van der Waals surface area contributed by atoms with Crippen LogP contribution in [-0.4, -0.2) is 15.9 Å². The number of ketones is 1. The van der Waals surface area contributed by atoms with E-state index in [0.29, 0.717) is 0 Å². The van der Waals surface area contributed by atoms with Gasteiger partial charge < -0.3 is 5.11 Å². The Morgan fingerprint density at radius 2 is 1.60 bits per heavy atom. The maximum atomic E-state index is 11.5. The number of pyridine rings is 1. The number of carbonyl (C=O) groups excluding carboxylic acids is 1. The van der Waals surface area contributed by atoms with Crippen LogP contribution in [0.15, 0.2) is 48.2 Å². The van der Waals surface area contributed by atoms with E-state index in [-0.39, 0.29) is 42.5 Å². The third-order valence-electron chi connectivity index (χ3n) is 8.21. The molecule has 2 aliphatic rings. The average Bonchev–Trinajstić information content (AvgIpc) is 3.44. The number of aliphatic hydroxyl groups excluding tert-OH is 1. The smallest absolute Gasteiger partial charge is 0.164 e. The number of nitrogens with zero attached hydrogens (tertiary/aromatic N) is 1. The molecule has 1 radical (unpaired) electrons. The van der Waals surface area contributed by atoms with Crippen molar-refractivity contribution in [2.24, 2.45) is 10.8 Å². The molecule has 2 atom stereocenters. The normalized spacial score (nSPS) is 18.6. The minimum atomic E-state index is -0.417. The first-order chi connectivity index (χ1) is 18.0. The van der Waals surface area contributed by atoms with E-state index in [0.717, 1.165) is 28.6 Å². The Hall–Kier alpha value is -2.29. The van der Waals surface area contributed by atoms with Crippen molar-refractivity contribution in [1.29, 1.82) is 0 Å². The van der Waals surface area contributed by atoms with E-state index in [1.165, 1.54) is 41.9 Å². The Labute approximate surface area is 255 Å². The molecule has 5 rings (SSSR count). The second kappa shape index (κ2) is 11.5. The predicted octanol–water partition coefficient (Wildman–Crippen LogP) is 9.76. The number of fused-ring (bicyclic) bond motifs is 6. The maximum absolute atomic E-state index is 11.5. The van der Waals surface area contributed by atoms with E-state index in [1.807, 2.05) is 41.5 Å². The molecule has 2 bridgehead atoms. The standard InChI is InChI=1S/C25H26N.C11H20O2.Ir/c1-15-12-18(14-20-16-8-9-17(13-16)24(15)20)22-11-10-19-21(25(2,3)4)6-5-7-23(19)26-22;1-10(2,3)8(12)7-9(13)11(4,5)6;/h5-7,10-11,14,16-17H,8-9,13H2,1-4H3;7,12H,1-6H3;/q-1;;. The molecule has 3 nitrogen and oxygen atoms in total. The van der Waals surface area contributed by atoms with Gasteiger partial charge in [-0.1, -0.05) is 99.9 Å². The van der Waals surface area contributed by atoms with Crippen molar-refractivity contribution in [3.8, 4) is 11.3 Å². The van der Waals surface area contributed by atoms with E-state index in [1.54, 1.807) is 11.1 Å². The summed E-state index contributed by atoms with van der Waals surface area (Å²) in [6.45, 7) is 20.2. The van der Waals surface area contributed by atoms with Crippen LogP contribution >= 0.6 is 0 Å². The Balaban J connectivity index is 0.000000272. The molecule has 1 aromatic heterocycles. The van der Waals surface area contributed by atoms with Crippen molar-refractivity contribution in [2.45, 2.75) is 106 Å². The summed E-state index contributed by atoms with van der Waals surface area (Å²) in [4.78, 5) is 16.5. The fourth-order valence-corrected chi connectivity index (χ4v) is 5.82. The van der Waals surface area contributed by atoms with Crippen LogP contribution in [0.1, 0.15) is 116 Å². The second-order valence-corrected chi connectivity index (χ2v) is 14.6.